The van der Waals surface area contributed by atoms with Crippen molar-refractivity contribution in [3.63, 3.8) is 0 Å². The second-order valence-corrected chi connectivity index (χ2v) is 9.39. The summed E-state index contributed by atoms with van der Waals surface area (Å²) in [7, 11) is 0. The zero-order valence-corrected chi connectivity index (χ0v) is 20.1. The van der Waals surface area contributed by atoms with Crippen molar-refractivity contribution < 1.29 is 18.0 Å². The van der Waals surface area contributed by atoms with E-state index in [0.717, 1.165) is 38.6 Å². The minimum absolute atomic E-state index is 0.156. The number of hydrogen-bond donors (Lipinski definition) is 1. The summed E-state index contributed by atoms with van der Waals surface area (Å²) in [5.41, 5.74) is 3.24. The molecule has 1 N–H and O–H groups in total. The van der Waals surface area contributed by atoms with Crippen molar-refractivity contribution in [1.29, 1.82) is 0 Å². The Balaban J connectivity index is 1.33. The van der Waals surface area contributed by atoms with E-state index in [-0.39, 0.29) is 30.0 Å². The number of carbonyl (C=O) groups is 1. The van der Waals surface area contributed by atoms with E-state index in [1.807, 2.05) is 43.3 Å². The Kier molecular flexibility index (Phi) is 6.56. The lowest BCUT2D eigenvalue weighted by Gasteiger charge is -2.34. The summed E-state index contributed by atoms with van der Waals surface area (Å²) < 4.78 is 42.8. The molecule has 0 saturated heterocycles. The van der Waals surface area contributed by atoms with Gasteiger partial charge >= 0.3 is 6.18 Å². The predicted octanol–water partition coefficient (Wildman–Crippen LogP) is 7.46. The number of benzene rings is 3. The van der Waals surface area contributed by atoms with Gasteiger partial charge in [0.15, 0.2) is 11.8 Å². The second kappa shape index (κ2) is 9.80. The Morgan fingerprint density at radius 2 is 1.75 bits per heavy atom. The standard InChI is InChI=1S/C29H28F3N3O/c1-2-19-10-14-22(15-11-19)25-17-27(29(30,31)32)35-28(34-25)24(18-33-35)26(36)9-5-6-20-12-13-21-7-3-4-8-23(21)16-20/h3-4,7-8,10-16,18,25,27,34H,2,5-6,9,17H2,1H3. The predicted molar refractivity (Wildman–Crippen MR) is 135 cm³/mol. The van der Waals surface area contributed by atoms with Crippen LogP contribution in [-0.4, -0.2) is 21.7 Å². The topological polar surface area (TPSA) is 46.9 Å². The number of fused-ring (bicyclic) bond motifs is 2. The number of hydrogen-bond acceptors (Lipinski definition) is 3. The molecule has 2 heterocycles. The highest BCUT2D eigenvalue weighted by Gasteiger charge is 2.47. The molecular weight excluding hydrogens is 463 g/mol. The molecular formula is C29H28F3N3O. The first-order valence-corrected chi connectivity index (χ1v) is 12.3. The molecule has 0 radical (unpaired) electrons. The lowest BCUT2D eigenvalue weighted by Crippen LogP contribution is -2.36. The van der Waals surface area contributed by atoms with Gasteiger partial charge in [-0.3, -0.25) is 4.79 Å². The third-order valence-electron chi connectivity index (χ3n) is 7.01. The van der Waals surface area contributed by atoms with Crippen LogP contribution in [0, 0.1) is 0 Å². The van der Waals surface area contributed by atoms with Crippen LogP contribution in [0.3, 0.4) is 0 Å². The van der Waals surface area contributed by atoms with Crippen molar-refractivity contribution in [3.8, 4) is 0 Å². The van der Waals surface area contributed by atoms with E-state index in [0.29, 0.717) is 12.8 Å². The number of alkyl halides is 3. The van der Waals surface area contributed by atoms with E-state index in [1.54, 1.807) is 0 Å². The van der Waals surface area contributed by atoms with Gasteiger partial charge in [-0.1, -0.05) is 73.7 Å². The summed E-state index contributed by atoms with van der Waals surface area (Å²) in [5.74, 6) is -0.0451. The van der Waals surface area contributed by atoms with Crippen LogP contribution < -0.4 is 5.32 Å². The maximum Gasteiger partial charge on any atom is 0.410 e. The number of rotatable bonds is 7. The summed E-state index contributed by atoms with van der Waals surface area (Å²) in [4.78, 5) is 13.1. The number of Topliss-reactive ketones (excluding diaryl/α,β-unsaturated/α-hetero) is 1. The molecule has 0 fully saturated rings. The fourth-order valence-electron chi connectivity index (χ4n) is 4.95. The lowest BCUT2D eigenvalue weighted by atomic mass is 9.95. The van der Waals surface area contributed by atoms with Crippen LogP contribution >= 0.6 is 0 Å². The van der Waals surface area contributed by atoms with E-state index in [9.17, 15) is 18.0 Å². The van der Waals surface area contributed by atoms with Crippen molar-refractivity contribution in [1.82, 2.24) is 9.78 Å². The number of halogens is 3. The summed E-state index contributed by atoms with van der Waals surface area (Å²) in [6.07, 6.45) is -0.965. The molecule has 7 heteroatoms. The van der Waals surface area contributed by atoms with Gasteiger partial charge in [-0.15, -0.1) is 0 Å². The molecule has 0 amide bonds. The highest BCUT2D eigenvalue weighted by Crippen LogP contribution is 2.44. The van der Waals surface area contributed by atoms with Crippen LogP contribution in [0.2, 0.25) is 0 Å². The number of aryl methyl sites for hydroxylation is 2. The second-order valence-electron chi connectivity index (χ2n) is 9.39. The first kappa shape index (κ1) is 24.1. The van der Waals surface area contributed by atoms with Gasteiger partial charge in [0, 0.05) is 12.8 Å². The summed E-state index contributed by atoms with van der Waals surface area (Å²) in [6, 6.07) is 19.6. The molecule has 5 rings (SSSR count). The Bertz CT molecular complexity index is 1370. The molecule has 2 unspecified atom stereocenters. The van der Waals surface area contributed by atoms with Gasteiger partial charge in [0.05, 0.1) is 17.8 Å². The van der Waals surface area contributed by atoms with E-state index >= 15 is 0 Å². The molecule has 1 aliphatic heterocycles. The smallest absolute Gasteiger partial charge is 0.363 e. The molecule has 2 atom stereocenters. The molecule has 36 heavy (non-hydrogen) atoms. The van der Waals surface area contributed by atoms with Gasteiger partial charge in [0.1, 0.15) is 5.82 Å². The number of carbonyl (C=O) groups excluding carboxylic acids is 1. The van der Waals surface area contributed by atoms with Gasteiger partial charge in [0.25, 0.3) is 0 Å². The van der Waals surface area contributed by atoms with Crippen LogP contribution in [0.25, 0.3) is 10.8 Å². The minimum Gasteiger partial charge on any atom is -0.363 e. The average Bonchev–Trinajstić information content (AvgIpc) is 3.31. The lowest BCUT2D eigenvalue weighted by molar-refractivity contribution is -0.173. The number of ketones is 1. The first-order chi connectivity index (χ1) is 17.3. The monoisotopic (exact) mass is 491 g/mol. The van der Waals surface area contributed by atoms with Crippen molar-refractivity contribution in [3.05, 3.63) is 95.2 Å². The number of nitrogens with one attached hydrogen (secondary N) is 1. The molecule has 3 aromatic carbocycles. The van der Waals surface area contributed by atoms with Gasteiger partial charge in [-0.05, 0) is 46.7 Å². The number of anilines is 1. The molecule has 1 aromatic heterocycles. The average molecular weight is 492 g/mol. The Morgan fingerprint density at radius 1 is 1.03 bits per heavy atom. The largest absolute Gasteiger partial charge is 0.410 e. The number of aromatic nitrogens is 2. The van der Waals surface area contributed by atoms with E-state index in [1.165, 1.54) is 6.20 Å². The molecule has 0 saturated carbocycles. The maximum atomic E-state index is 14.0. The van der Waals surface area contributed by atoms with E-state index in [4.69, 9.17) is 0 Å². The zero-order chi connectivity index (χ0) is 25.3. The number of nitrogens with zero attached hydrogens (tertiary/aromatic N) is 2. The summed E-state index contributed by atoms with van der Waals surface area (Å²) >= 11 is 0. The third kappa shape index (κ3) is 4.87. The van der Waals surface area contributed by atoms with E-state index in [2.05, 4.69) is 40.7 Å². The van der Waals surface area contributed by atoms with Gasteiger partial charge in [0.2, 0.25) is 0 Å². The van der Waals surface area contributed by atoms with Gasteiger partial charge in [-0.25, -0.2) is 4.68 Å². The van der Waals surface area contributed by atoms with Crippen LogP contribution in [0.4, 0.5) is 19.0 Å². The highest BCUT2D eigenvalue weighted by molar-refractivity contribution is 6.00. The van der Waals surface area contributed by atoms with Crippen molar-refractivity contribution in [2.24, 2.45) is 0 Å². The molecule has 186 valence electrons. The van der Waals surface area contributed by atoms with Crippen LogP contribution in [0.1, 0.15) is 65.3 Å². The van der Waals surface area contributed by atoms with Crippen molar-refractivity contribution in [2.75, 3.05) is 5.32 Å². The molecule has 0 spiro atoms. The molecule has 1 aliphatic rings. The van der Waals surface area contributed by atoms with Crippen molar-refractivity contribution >= 4 is 22.4 Å². The van der Waals surface area contributed by atoms with Gasteiger partial charge in [-0.2, -0.15) is 18.3 Å². The summed E-state index contributed by atoms with van der Waals surface area (Å²) in [6.45, 7) is 2.03. The van der Waals surface area contributed by atoms with Crippen LogP contribution in [-0.2, 0) is 12.8 Å². The fourth-order valence-corrected chi connectivity index (χ4v) is 4.95. The fraction of sp³-hybridized carbons (Fsp3) is 0.310. The minimum atomic E-state index is -4.47. The Labute approximate surface area is 208 Å². The Hall–Kier alpha value is -3.61. The third-order valence-corrected chi connectivity index (χ3v) is 7.01. The molecule has 0 bridgehead atoms. The molecule has 4 aromatic rings. The Morgan fingerprint density at radius 3 is 2.47 bits per heavy atom. The van der Waals surface area contributed by atoms with E-state index < -0.39 is 18.3 Å². The normalized spacial score (nSPS) is 17.6. The first-order valence-electron chi connectivity index (χ1n) is 12.3. The molecule has 4 nitrogen and oxygen atoms in total. The molecule has 0 aliphatic carbocycles. The summed E-state index contributed by atoms with van der Waals surface area (Å²) in [5, 5.41) is 9.49. The van der Waals surface area contributed by atoms with Crippen LogP contribution in [0.5, 0.6) is 0 Å². The SMILES string of the molecule is CCc1ccc(C2CC(C(F)(F)F)n3ncc(C(=O)CCCc4ccc5ccccc5c4)c3N2)cc1. The van der Waals surface area contributed by atoms with Crippen molar-refractivity contribution in [2.45, 2.75) is 57.3 Å². The quantitative estimate of drug-likeness (QED) is 0.273. The van der Waals surface area contributed by atoms with Gasteiger partial charge < -0.3 is 5.32 Å². The van der Waals surface area contributed by atoms with Crippen LogP contribution in [0.15, 0.2) is 72.9 Å². The highest BCUT2D eigenvalue weighted by atomic mass is 19.4. The maximum absolute atomic E-state index is 14.0. The zero-order valence-electron chi connectivity index (χ0n) is 20.1.